The first kappa shape index (κ1) is 29.2. The molecular weight excluding hydrogens is 535 g/mol. The Bertz CT molecular complexity index is 947. The zero-order valence-electron chi connectivity index (χ0n) is 22.3. The van der Waals surface area contributed by atoms with E-state index in [0.717, 1.165) is 51.4 Å². The number of nitrogens with two attached hydrogens (primary N) is 1. The Kier molecular flexibility index (Phi) is 8.46. The summed E-state index contributed by atoms with van der Waals surface area (Å²) in [7, 11) is 0. The number of piperidine rings is 1. The van der Waals surface area contributed by atoms with E-state index in [1.807, 2.05) is 0 Å². The van der Waals surface area contributed by atoms with Gasteiger partial charge in [-0.05, 0) is 58.3 Å². The Balaban J connectivity index is 1.56. The molecule has 4 fully saturated rings. The van der Waals surface area contributed by atoms with E-state index in [9.17, 15) is 24.3 Å². The Morgan fingerprint density at radius 3 is 2.13 bits per heavy atom. The number of carbonyl (C=O) groups is 4. The number of amides is 4. The van der Waals surface area contributed by atoms with Crippen LogP contribution in [-0.2, 0) is 19.1 Å². The van der Waals surface area contributed by atoms with Crippen LogP contribution in [0.1, 0.15) is 72.1 Å². The molecule has 0 aromatic carbocycles. The van der Waals surface area contributed by atoms with Crippen molar-refractivity contribution >= 4 is 47.0 Å². The van der Waals surface area contributed by atoms with Gasteiger partial charge < -0.3 is 31.1 Å². The highest BCUT2D eigenvalue weighted by atomic mass is 35.5. The number of rotatable bonds is 8. The lowest BCUT2D eigenvalue weighted by atomic mass is 9.77. The summed E-state index contributed by atoms with van der Waals surface area (Å²) in [4.78, 5) is 53.7. The van der Waals surface area contributed by atoms with Gasteiger partial charge in [0.1, 0.15) is 22.0 Å². The summed E-state index contributed by atoms with van der Waals surface area (Å²) in [5.41, 5.74) is 4.61. The molecule has 10 nitrogen and oxygen atoms in total. The Hall–Kier alpha value is -1.78. The summed E-state index contributed by atoms with van der Waals surface area (Å²) < 4.78 is 4.28. The first-order valence-corrected chi connectivity index (χ1v) is 14.4. The van der Waals surface area contributed by atoms with Crippen molar-refractivity contribution in [3.63, 3.8) is 0 Å². The molecule has 1 aliphatic heterocycles. The van der Waals surface area contributed by atoms with Crippen LogP contribution in [0, 0.1) is 23.7 Å². The number of likely N-dealkylation sites (tertiary alicyclic amines) is 1. The highest BCUT2D eigenvalue weighted by molar-refractivity contribution is 6.51. The number of aliphatic hydroxyl groups is 1. The van der Waals surface area contributed by atoms with Crippen LogP contribution >= 0.6 is 23.2 Å². The molecule has 2 unspecified atom stereocenters. The molecule has 3 saturated carbocycles. The summed E-state index contributed by atoms with van der Waals surface area (Å²) in [6.07, 6.45) is 4.67. The zero-order chi connectivity index (χ0) is 28.0. The van der Waals surface area contributed by atoms with E-state index in [4.69, 9.17) is 33.7 Å². The van der Waals surface area contributed by atoms with Crippen molar-refractivity contribution in [1.82, 2.24) is 15.5 Å². The molecule has 1 saturated heterocycles. The minimum absolute atomic E-state index is 0.0948. The number of alkyl carbamates (subject to hydrolysis) is 1. The lowest BCUT2D eigenvalue weighted by Crippen LogP contribution is -2.61. The molecule has 3 aliphatic carbocycles. The van der Waals surface area contributed by atoms with E-state index in [1.165, 1.54) is 4.90 Å². The van der Waals surface area contributed by atoms with Gasteiger partial charge in [-0.1, -0.05) is 25.7 Å². The number of hydrogen-bond donors (Lipinski definition) is 4. The van der Waals surface area contributed by atoms with Gasteiger partial charge in [0.05, 0.1) is 6.04 Å². The number of halogens is 2. The summed E-state index contributed by atoms with van der Waals surface area (Å²) in [5.74, 6) is -2.84. The van der Waals surface area contributed by atoms with Crippen molar-refractivity contribution < 1.29 is 29.0 Å². The molecule has 12 heteroatoms. The van der Waals surface area contributed by atoms with E-state index in [-0.39, 0.29) is 30.2 Å². The molecule has 4 amide bonds. The molecule has 0 aromatic rings. The van der Waals surface area contributed by atoms with E-state index in [2.05, 4.69) is 10.6 Å². The molecular formula is C26H40Cl2N4O6. The first-order valence-electron chi connectivity index (χ1n) is 13.7. The molecule has 4 rings (SSSR count). The van der Waals surface area contributed by atoms with Gasteiger partial charge in [0, 0.05) is 18.4 Å². The Labute approximate surface area is 233 Å². The maximum absolute atomic E-state index is 14.0. The number of ether oxygens (including phenoxy) is 1. The average Bonchev–Trinajstić information content (AvgIpc) is 3.13. The minimum Gasteiger partial charge on any atom is -0.444 e. The van der Waals surface area contributed by atoms with E-state index < -0.39 is 58.0 Å². The van der Waals surface area contributed by atoms with Crippen molar-refractivity contribution in [2.24, 2.45) is 29.4 Å². The normalized spacial score (nSPS) is 29.3. The van der Waals surface area contributed by atoms with Crippen LogP contribution in [0.3, 0.4) is 0 Å². The standard InChI is InChI=1S/C26H40Cl2N4O6/c1-25(2,3)38-24(37)31-18(14-8-5-4-6-9-14)23(36)32-12-15-16(26(15,27)28)19(32)22(35)30-17(13-10-7-11-13)20(33)21(29)34/h13-20,33H,4-12H2,1-3H3,(H2,29,34)(H,30,35)(H,31,37)/t15-,16-,17?,18-,19-,20?/m0/s1. The number of nitrogens with zero attached hydrogens (tertiary/aromatic N) is 1. The largest absolute Gasteiger partial charge is 0.444 e. The molecule has 214 valence electrons. The van der Waals surface area contributed by atoms with Crippen molar-refractivity contribution in [3.05, 3.63) is 0 Å². The van der Waals surface area contributed by atoms with Gasteiger partial charge in [-0.15, -0.1) is 23.2 Å². The van der Waals surface area contributed by atoms with Gasteiger partial charge in [0.15, 0.2) is 6.10 Å². The number of alkyl halides is 2. The maximum Gasteiger partial charge on any atom is 0.408 e. The predicted molar refractivity (Wildman–Crippen MR) is 141 cm³/mol. The third-order valence-corrected chi connectivity index (χ3v) is 9.61. The number of nitrogens with one attached hydrogen (secondary N) is 2. The van der Waals surface area contributed by atoms with Crippen LogP contribution in [0.2, 0.25) is 0 Å². The highest BCUT2D eigenvalue weighted by Gasteiger charge is 2.74. The van der Waals surface area contributed by atoms with Crippen LogP contribution in [0.25, 0.3) is 0 Å². The molecule has 0 spiro atoms. The summed E-state index contributed by atoms with van der Waals surface area (Å²) in [6, 6.07) is -2.73. The van der Waals surface area contributed by atoms with Crippen LogP contribution < -0.4 is 16.4 Å². The third-order valence-electron chi connectivity index (χ3n) is 8.54. The van der Waals surface area contributed by atoms with Crippen molar-refractivity contribution in [3.8, 4) is 0 Å². The van der Waals surface area contributed by atoms with Gasteiger partial charge >= 0.3 is 6.09 Å². The summed E-state index contributed by atoms with van der Waals surface area (Å²) in [5, 5.41) is 16.0. The van der Waals surface area contributed by atoms with Crippen LogP contribution in [0.4, 0.5) is 4.79 Å². The fourth-order valence-electron chi connectivity index (χ4n) is 6.28. The van der Waals surface area contributed by atoms with Crippen LogP contribution in [-0.4, -0.2) is 74.5 Å². The third kappa shape index (κ3) is 6.02. The van der Waals surface area contributed by atoms with E-state index in [0.29, 0.717) is 0 Å². The molecule has 4 aliphatic rings. The molecule has 0 radical (unpaired) electrons. The average molecular weight is 576 g/mol. The Morgan fingerprint density at radius 1 is 1.00 bits per heavy atom. The predicted octanol–water partition coefficient (Wildman–Crippen LogP) is 2.22. The first-order chi connectivity index (χ1) is 17.7. The fourth-order valence-corrected chi connectivity index (χ4v) is 7.10. The number of fused-ring (bicyclic) bond motifs is 1. The fraction of sp³-hybridized carbons (Fsp3) is 0.846. The summed E-state index contributed by atoms with van der Waals surface area (Å²) >= 11 is 13.0. The van der Waals surface area contributed by atoms with Crippen LogP contribution in [0.15, 0.2) is 0 Å². The molecule has 0 bridgehead atoms. The van der Waals surface area contributed by atoms with E-state index >= 15 is 0 Å². The number of primary amides is 1. The van der Waals surface area contributed by atoms with Crippen molar-refractivity contribution in [2.45, 2.75) is 106 Å². The highest BCUT2D eigenvalue weighted by Crippen LogP contribution is 2.65. The molecule has 5 N–H and O–H groups in total. The second-order valence-corrected chi connectivity index (χ2v) is 13.8. The maximum atomic E-state index is 14.0. The minimum atomic E-state index is -1.55. The topological polar surface area (TPSA) is 151 Å². The lowest BCUT2D eigenvalue weighted by Gasteiger charge is -2.39. The lowest BCUT2D eigenvalue weighted by molar-refractivity contribution is -0.144. The number of aliphatic hydroxyl groups excluding tert-OH is 1. The van der Waals surface area contributed by atoms with Crippen molar-refractivity contribution in [2.75, 3.05) is 6.54 Å². The SMILES string of the molecule is CC(C)(C)OC(=O)N[C@H](C(=O)N1C[C@H]2[C@@H]([C@H]1C(=O)NC(C1CCC1)C(O)C(N)=O)C2(Cl)Cl)C1CCCCC1. The monoisotopic (exact) mass is 574 g/mol. The molecule has 0 aromatic heterocycles. The number of hydrogen-bond acceptors (Lipinski definition) is 6. The van der Waals surface area contributed by atoms with Gasteiger partial charge in [-0.25, -0.2) is 4.79 Å². The zero-order valence-corrected chi connectivity index (χ0v) is 23.8. The molecule has 1 heterocycles. The molecule has 38 heavy (non-hydrogen) atoms. The van der Waals surface area contributed by atoms with Gasteiger partial charge in [0.2, 0.25) is 17.7 Å². The molecule has 6 atom stereocenters. The smallest absolute Gasteiger partial charge is 0.408 e. The number of carbonyl (C=O) groups excluding carboxylic acids is 4. The summed E-state index contributed by atoms with van der Waals surface area (Å²) in [6.45, 7) is 5.41. The van der Waals surface area contributed by atoms with E-state index in [1.54, 1.807) is 20.8 Å². The Morgan fingerprint density at radius 2 is 1.61 bits per heavy atom. The second-order valence-electron chi connectivity index (χ2n) is 12.3. The van der Waals surface area contributed by atoms with Gasteiger partial charge in [0.25, 0.3) is 0 Å². The second kappa shape index (κ2) is 11.0. The van der Waals surface area contributed by atoms with Crippen LogP contribution in [0.5, 0.6) is 0 Å². The van der Waals surface area contributed by atoms with Crippen molar-refractivity contribution in [1.29, 1.82) is 0 Å². The quantitative estimate of drug-likeness (QED) is 0.326. The van der Waals surface area contributed by atoms with Gasteiger partial charge in [-0.2, -0.15) is 0 Å². The van der Waals surface area contributed by atoms with Gasteiger partial charge in [-0.3, -0.25) is 14.4 Å².